The summed E-state index contributed by atoms with van der Waals surface area (Å²) in [7, 11) is 0. The molecule has 1 aliphatic heterocycles. The standard InChI is InChI=1S/C16H29NO/c1-12-8-13(2)10-15(9-12)11-17-14(3)16-4-6-18-7-5-16/h8,12,14-17H,4-7,9-11H2,1-3H3. The van der Waals surface area contributed by atoms with Crippen LogP contribution < -0.4 is 5.32 Å². The Bertz CT molecular complexity index is 281. The van der Waals surface area contributed by atoms with E-state index in [1.54, 1.807) is 5.57 Å². The van der Waals surface area contributed by atoms with Crippen LogP contribution in [-0.2, 0) is 4.74 Å². The third kappa shape index (κ3) is 4.10. The molecule has 0 radical (unpaired) electrons. The minimum atomic E-state index is 0.649. The van der Waals surface area contributed by atoms with Crippen molar-refractivity contribution in [3.63, 3.8) is 0 Å². The van der Waals surface area contributed by atoms with Gasteiger partial charge in [-0.3, -0.25) is 0 Å². The maximum atomic E-state index is 5.44. The molecule has 1 N–H and O–H groups in total. The van der Waals surface area contributed by atoms with E-state index in [9.17, 15) is 0 Å². The molecule has 3 unspecified atom stereocenters. The van der Waals surface area contributed by atoms with Crippen LogP contribution in [0.3, 0.4) is 0 Å². The SMILES string of the molecule is CC1=CC(C)CC(CNC(C)C2CCOCC2)C1. The lowest BCUT2D eigenvalue weighted by Crippen LogP contribution is -2.39. The first-order valence-electron chi connectivity index (χ1n) is 7.63. The molecule has 0 bridgehead atoms. The summed E-state index contributed by atoms with van der Waals surface area (Å²) in [4.78, 5) is 0. The summed E-state index contributed by atoms with van der Waals surface area (Å²) < 4.78 is 5.44. The molecule has 0 aromatic heterocycles. The van der Waals surface area contributed by atoms with Crippen LogP contribution in [0.2, 0.25) is 0 Å². The lowest BCUT2D eigenvalue weighted by Gasteiger charge is -2.31. The molecule has 1 fully saturated rings. The van der Waals surface area contributed by atoms with Crippen molar-refractivity contribution in [3.8, 4) is 0 Å². The van der Waals surface area contributed by atoms with Crippen LogP contribution in [0.25, 0.3) is 0 Å². The van der Waals surface area contributed by atoms with Crippen molar-refractivity contribution in [1.29, 1.82) is 0 Å². The van der Waals surface area contributed by atoms with Crippen molar-refractivity contribution in [3.05, 3.63) is 11.6 Å². The number of hydrogen-bond acceptors (Lipinski definition) is 2. The minimum absolute atomic E-state index is 0.649. The Kier molecular flexibility index (Phi) is 5.25. The number of nitrogens with one attached hydrogen (secondary N) is 1. The van der Waals surface area contributed by atoms with E-state index in [0.29, 0.717) is 6.04 Å². The van der Waals surface area contributed by atoms with E-state index in [1.807, 2.05) is 0 Å². The Morgan fingerprint density at radius 3 is 2.78 bits per heavy atom. The van der Waals surface area contributed by atoms with Gasteiger partial charge in [0.15, 0.2) is 0 Å². The molecule has 1 aliphatic carbocycles. The Morgan fingerprint density at radius 1 is 1.39 bits per heavy atom. The molecule has 2 aliphatic rings. The lowest BCUT2D eigenvalue weighted by molar-refractivity contribution is 0.0553. The zero-order valence-electron chi connectivity index (χ0n) is 12.2. The quantitative estimate of drug-likeness (QED) is 0.773. The van der Waals surface area contributed by atoms with Gasteiger partial charge in [0.2, 0.25) is 0 Å². The number of ether oxygens (including phenoxy) is 1. The van der Waals surface area contributed by atoms with Crippen molar-refractivity contribution in [2.75, 3.05) is 19.8 Å². The average Bonchev–Trinajstić information content (AvgIpc) is 2.36. The first-order valence-corrected chi connectivity index (χ1v) is 7.63. The molecule has 104 valence electrons. The van der Waals surface area contributed by atoms with Gasteiger partial charge >= 0.3 is 0 Å². The van der Waals surface area contributed by atoms with Crippen LogP contribution in [-0.4, -0.2) is 25.8 Å². The summed E-state index contributed by atoms with van der Waals surface area (Å²) in [5, 5.41) is 3.78. The Balaban J connectivity index is 1.72. The van der Waals surface area contributed by atoms with E-state index in [4.69, 9.17) is 4.74 Å². The van der Waals surface area contributed by atoms with E-state index >= 15 is 0 Å². The van der Waals surface area contributed by atoms with Gasteiger partial charge in [-0.15, -0.1) is 0 Å². The Labute approximate surface area is 112 Å². The van der Waals surface area contributed by atoms with E-state index in [1.165, 1.54) is 32.2 Å². The second-order valence-electron chi connectivity index (χ2n) is 6.44. The van der Waals surface area contributed by atoms with Crippen LogP contribution in [0.1, 0.15) is 46.5 Å². The second-order valence-corrected chi connectivity index (χ2v) is 6.44. The van der Waals surface area contributed by atoms with Crippen molar-refractivity contribution in [2.45, 2.75) is 52.5 Å². The van der Waals surface area contributed by atoms with Gasteiger partial charge < -0.3 is 10.1 Å². The van der Waals surface area contributed by atoms with E-state index < -0.39 is 0 Å². The summed E-state index contributed by atoms with van der Waals surface area (Å²) in [5.74, 6) is 2.42. The van der Waals surface area contributed by atoms with Crippen LogP contribution in [0.15, 0.2) is 11.6 Å². The number of hydrogen-bond donors (Lipinski definition) is 1. The van der Waals surface area contributed by atoms with E-state index in [-0.39, 0.29) is 0 Å². The Hall–Kier alpha value is -0.340. The molecule has 1 heterocycles. The van der Waals surface area contributed by atoms with Crippen LogP contribution >= 0.6 is 0 Å². The zero-order chi connectivity index (χ0) is 13.0. The summed E-state index contributed by atoms with van der Waals surface area (Å²) in [6.45, 7) is 10.1. The van der Waals surface area contributed by atoms with Gasteiger partial charge in [-0.05, 0) is 63.8 Å². The molecule has 0 saturated carbocycles. The van der Waals surface area contributed by atoms with Gasteiger partial charge in [0.1, 0.15) is 0 Å². The fraction of sp³-hybridized carbons (Fsp3) is 0.875. The molecular formula is C16H29NO. The largest absolute Gasteiger partial charge is 0.381 e. The lowest BCUT2D eigenvalue weighted by atomic mass is 9.83. The zero-order valence-corrected chi connectivity index (χ0v) is 12.2. The predicted octanol–water partition coefficient (Wildman–Crippen LogP) is 3.38. The number of allylic oxidation sites excluding steroid dienone is 2. The van der Waals surface area contributed by atoms with Crippen molar-refractivity contribution >= 4 is 0 Å². The summed E-state index contributed by atoms with van der Waals surface area (Å²) in [6, 6.07) is 0.649. The summed E-state index contributed by atoms with van der Waals surface area (Å²) >= 11 is 0. The van der Waals surface area contributed by atoms with E-state index in [0.717, 1.165) is 31.0 Å². The third-order valence-electron chi connectivity index (χ3n) is 4.59. The molecule has 3 atom stereocenters. The van der Waals surface area contributed by atoms with Crippen molar-refractivity contribution in [2.24, 2.45) is 17.8 Å². The normalized spacial score (nSPS) is 32.1. The Morgan fingerprint density at radius 2 is 2.11 bits per heavy atom. The van der Waals surface area contributed by atoms with Gasteiger partial charge in [-0.2, -0.15) is 0 Å². The van der Waals surface area contributed by atoms with Crippen LogP contribution in [0.4, 0.5) is 0 Å². The van der Waals surface area contributed by atoms with Gasteiger partial charge in [-0.1, -0.05) is 18.6 Å². The fourth-order valence-corrected chi connectivity index (χ4v) is 3.58. The third-order valence-corrected chi connectivity index (χ3v) is 4.59. The van der Waals surface area contributed by atoms with Gasteiger partial charge in [0.25, 0.3) is 0 Å². The highest BCUT2D eigenvalue weighted by atomic mass is 16.5. The molecular weight excluding hydrogens is 222 g/mol. The summed E-state index contributed by atoms with van der Waals surface area (Å²) in [6.07, 6.45) is 7.55. The highest BCUT2D eigenvalue weighted by Crippen LogP contribution is 2.27. The van der Waals surface area contributed by atoms with Crippen molar-refractivity contribution < 1.29 is 4.74 Å². The topological polar surface area (TPSA) is 21.3 Å². The predicted molar refractivity (Wildman–Crippen MR) is 76.7 cm³/mol. The fourth-order valence-electron chi connectivity index (χ4n) is 3.58. The average molecular weight is 251 g/mol. The molecule has 0 aromatic carbocycles. The molecule has 0 amide bonds. The first kappa shape index (κ1) is 14.1. The molecule has 1 saturated heterocycles. The summed E-state index contributed by atoms with van der Waals surface area (Å²) in [5.41, 5.74) is 1.58. The first-order chi connectivity index (χ1) is 8.65. The second kappa shape index (κ2) is 6.72. The maximum Gasteiger partial charge on any atom is 0.0469 e. The van der Waals surface area contributed by atoms with Crippen molar-refractivity contribution in [1.82, 2.24) is 5.32 Å². The van der Waals surface area contributed by atoms with Crippen LogP contribution in [0, 0.1) is 17.8 Å². The van der Waals surface area contributed by atoms with Gasteiger partial charge in [0.05, 0.1) is 0 Å². The number of rotatable bonds is 4. The van der Waals surface area contributed by atoms with E-state index in [2.05, 4.69) is 32.2 Å². The highest BCUT2D eigenvalue weighted by Gasteiger charge is 2.22. The van der Waals surface area contributed by atoms with Crippen LogP contribution in [0.5, 0.6) is 0 Å². The maximum absolute atomic E-state index is 5.44. The molecule has 0 spiro atoms. The van der Waals surface area contributed by atoms with Gasteiger partial charge in [-0.25, -0.2) is 0 Å². The molecule has 0 aromatic rings. The minimum Gasteiger partial charge on any atom is -0.381 e. The van der Waals surface area contributed by atoms with Gasteiger partial charge in [0, 0.05) is 19.3 Å². The molecule has 2 heteroatoms. The molecule has 18 heavy (non-hydrogen) atoms. The highest BCUT2D eigenvalue weighted by molar-refractivity contribution is 5.06. The molecule has 2 rings (SSSR count). The smallest absolute Gasteiger partial charge is 0.0469 e. The molecule has 2 nitrogen and oxygen atoms in total. The monoisotopic (exact) mass is 251 g/mol.